The van der Waals surface area contributed by atoms with Gasteiger partial charge < -0.3 is 15.7 Å². The highest BCUT2D eigenvalue weighted by molar-refractivity contribution is 5.20. The lowest BCUT2D eigenvalue weighted by atomic mass is 9.80. The fourth-order valence-corrected chi connectivity index (χ4v) is 2.51. The summed E-state index contributed by atoms with van der Waals surface area (Å²) >= 11 is 0. The molecule has 1 atom stereocenters. The first kappa shape index (κ1) is 16.2. The second-order valence-corrected chi connectivity index (χ2v) is 5.88. The summed E-state index contributed by atoms with van der Waals surface area (Å²) in [7, 11) is 0. The van der Waals surface area contributed by atoms with Crippen molar-refractivity contribution in [1.29, 1.82) is 0 Å². The molecule has 1 aromatic rings. The van der Waals surface area contributed by atoms with Crippen LogP contribution in [0.2, 0.25) is 0 Å². The van der Waals surface area contributed by atoms with Gasteiger partial charge in [0.05, 0.1) is 6.61 Å². The molecule has 1 rings (SSSR count). The molecule has 0 aliphatic carbocycles. The minimum Gasteiger partial charge on any atom is -0.395 e. The smallest absolute Gasteiger partial charge is 0.0558 e. The second-order valence-electron chi connectivity index (χ2n) is 5.88. The summed E-state index contributed by atoms with van der Waals surface area (Å²) < 4.78 is 0. The number of hydrogen-bond acceptors (Lipinski definition) is 3. The van der Waals surface area contributed by atoms with E-state index in [0.717, 1.165) is 26.1 Å². The Bertz CT molecular complexity index is 345. The molecule has 0 spiro atoms. The van der Waals surface area contributed by atoms with Crippen LogP contribution in [0.1, 0.15) is 38.8 Å². The van der Waals surface area contributed by atoms with Gasteiger partial charge in [0.25, 0.3) is 0 Å². The van der Waals surface area contributed by atoms with Crippen molar-refractivity contribution in [2.45, 2.75) is 33.2 Å². The lowest BCUT2D eigenvalue weighted by Gasteiger charge is -2.37. The Morgan fingerprint density at radius 3 is 2.37 bits per heavy atom. The Kier molecular flexibility index (Phi) is 6.49. The average molecular weight is 264 g/mol. The van der Waals surface area contributed by atoms with E-state index in [4.69, 9.17) is 10.8 Å². The number of nitrogens with zero attached hydrogens (tertiary/aromatic N) is 1. The van der Waals surface area contributed by atoms with E-state index in [9.17, 15) is 0 Å². The van der Waals surface area contributed by atoms with Gasteiger partial charge >= 0.3 is 0 Å². The molecule has 0 amide bonds. The van der Waals surface area contributed by atoms with Gasteiger partial charge in [-0.05, 0) is 23.9 Å². The van der Waals surface area contributed by atoms with Crippen molar-refractivity contribution in [3.8, 4) is 0 Å². The van der Waals surface area contributed by atoms with Crippen LogP contribution in [-0.2, 0) is 0 Å². The van der Waals surface area contributed by atoms with E-state index in [0.29, 0.717) is 0 Å². The monoisotopic (exact) mass is 264 g/mol. The molecule has 108 valence electrons. The van der Waals surface area contributed by atoms with Crippen LogP contribution < -0.4 is 5.73 Å². The Hall–Kier alpha value is -0.900. The maximum absolute atomic E-state index is 9.14. The molecule has 0 saturated carbocycles. The first-order chi connectivity index (χ1) is 9.01. The fourth-order valence-electron chi connectivity index (χ4n) is 2.51. The molecule has 1 aromatic carbocycles. The molecular weight excluding hydrogens is 236 g/mol. The van der Waals surface area contributed by atoms with Gasteiger partial charge in [-0.1, -0.05) is 51.1 Å². The van der Waals surface area contributed by atoms with Crippen molar-refractivity contribution in [2.24, 2.45) is 11.1 Å². The van der Waals surface area contributed by atoms with Crippen LogP contribution in [0.15, 0.2) is 30.3 Å². The van der Waals surface area contributed by atoms with Crippen LogP contribution in [0.4, 0.5) is 0 Å². The summed E-state index contributed by atoms with van der Waals surface area (Å²) in [5.74, 6) is 0. The minimum atomic E-state index is -0.0221. The van der Waals surface area contributed by atoms with Crippen molar-refractivity contribution < 1.29 is 5.11 Å². The van der Waals surface area contributed by atoms with Crippen LogP contribution >= 0.6 is 0 Å². The summed E-state index contributed by atoms with van der Waals surface area (Å²) in [5.41, 5.74) is 7.58. The Morgan fingerprint density at radius 1 is 1.21 bits per heavy atom. The molecule has 0 aliphatic rings. The highest BCUT2D eigenvalue weighted by Crippen LogP contribution is 2.32. The van der Waals surface area contributed by atoms with Crippen LogP contribution in [0.5, 0.6) is 0 Å². The first-order valence-corrected chi connectivity index (χ1v) is 7.15. The van der Waals surface area contributed by atoms with E-state index in [1.165, 1.54) is 5.56 Å². The Balaban J connectivity index is 2.72. The van der Waals surface area contributed by atoms with Gasteiger partial charge in [0, 0.05) is 19.1 Å². The molecule has 0 bridgehead atoms. The molecule has 19 heavy (non-hydrogen) atoms. The number of benzene rings is 1. The van der Waals surface area contributed by atoms with Crippen LogP contribution in [0.3, 0.4) is 0 Å². The predicted molar refractivity (Wildman–Crippen MR) is 81.0 cm³/mol. The van der Waals surface area contributed by atoms with Crippen molar-refractivity contribution in [3.05, 3.63) is 35.9 Å². The topological polar surface area (TPSA) is 49.5 Å². The van der Waals surface area contributed by atoms with E-state index >= 15 is 0 Å². The van der Waals surface area contributed by atoms with Crippen LogP contribution in [0.25, 0.3) is 0 Å². The van der Waals surface area contributed by atoms with Gasteiger partial charge in [-0.3, -0.25) is 0 Å². The minimum absolute atomic E-state index is 0.00625. The summed E-state index contributed by atoms with van der Waals surface area (Å²) in [6.07, 6.45) is 1.09. The third kappa shape index (κ3) is 4.94. The van der Waals surface area contributed by atoms with E-state index in [1.807, 2.05) is 18.2 Å². The highest BCUT2D eigenvalue weighted by atomic mass is 16.3. The van der Waals surface area contributed by atoms with E-state index in [2.05, 4.69) is 37.8 Å². The summed E-state index contributed by atoms with van der Waals surface area (Å²) in [6.45, 7) is 9.39. The second kappa shape index (κ2) is 7.63. The lowest BCUT2D eigenvalue weighted by molar-refractivity contribution is 0.127. The molecule has 0 heterocycles. The number of nitrogens with two attached hydrogens (primary N) is 1. The molecule has 0 radical (unpaired) electrons. The number of aliphatic hydroxyl groups is 1. The number of rotatable bonds is 8. The zero-order valence-corrected chi connectivity index (χ0v) is 12.5. The third-order valence-electron chi connectivity index (χ3n) is 3.59. The summed E-state index contributed by atoms with van der Waals surface area (Å²) in [5, 5.41) is 9.14. The zero-order chi connectivity index (χ0) is 14.3. The lowest BCUT2D eigenvalue weighted by Crippen LogP contribution is -2.42. The van der Waals surface area contributed by atoms with Crippen molar-refractivity contribution in [2.75, 3.05) is 26.2 Å². The van der Waals surface area contributed by atoms with E-state index < -0.39 is 0 Å². The van der Waals surface area contributed by atoms with E-state index in [1.54, 1.807) is 0 Å². The predicted octanol–water partition coefficient (Wildman–Crippen LogP) is 2.42. The Labute approximate surface area is 117 Å². The largest absolute Gasteiger partial charge is 0.395 e. The van der Waals surface area contributed by atoms with Crippen molar-refractivity contribution >= 4 is 0 Å². The molecule has 3 nitrogen and oxygen atoms in total. The molecule has 3 heteroatoms. The molecule has 1 unspecified atom stereocenters. The van der Waals surface area contributed by atoms with Crippen molar-refractivity contribution in [1.82, 2.24) is 4.90 Å². The molecular formula is C16H28N2O. The van der Waals surface area contributed by atoms with Gasteiger partial charge in [0.1, 0.15) is 0 Å². The maximum atomic E-state index is 9.14. The van der Waals surface area contributed by atoms with Gasteiger partial charge in [-0.2, -0.15) is 0 Å². The molecule has 3 N–H and O–H groups in total. The van der Waals surface area contributed by atoms with Gasteiger partial charge in [-0.15, -0.1) is 0 Å². The van der Waals surface area contributed by atoms with Gasteiger partial charge in [0.15, 0.2) is 0 Å². The fraction of sp³-hybridized carbons (Fsp3) is 0.625. The van der Waals surface area contributed by atoms with Crippen LogP contribution in [-0.4, -0.2) is 36.2 Å². The highest BCUT2D eigenvalue weighted by Gasteiger charge is 2.29. The quantitative estimate of drug-likeness (QED) is 0.758. The zero-order valence-electron chi connectivity index (χ0n) is 12.5. The van der Waals surface area contributed by atoms with Crippen LogP contribution in [0, 0.1) is 5.41 Å². The molecule has 0 aromatic heterocycles. The summed E-state index contributed by atoms with van der Waals surface area (Å²) in [6, 6.07) is 10.3. The number of aliphatic hydroxyl groups excluding tert-OH is 1. The van der Waals surface area contributed by atoms with Crippen molar-refractivity contribution in [3.63, 3.8) is 0 Å². The van der Waals surface area contributed by atoms with Gasteiger partial charge in [0.2, 0.25) is 0 Å². The summed E-state index contributed by atoms with van der Waals surface area (Å²) in [4.78, 5) is 2.29. The molecule has 0 saturated heterocycles. The molecule has 0 fully saturated rings. The standard InChI is InChI=1S/C16H28N2O/c1-4-10-18(11-12-19)13-16(2,3)15(17)14-8-6-5-7-9-14/h5-9,15,19H,4,10-13,17H2,1-3H3. The molecule has 0 aliphatic heterocycles. The normalized spacial score (nSPS) is 13.8. The van der Waals surface area contributed by atoms with E-state index in [-0.39, 0.29) is 18.1 Å². The first-order valence-electron chi connectivity index (χ1n) is 7.15. The number of hydrogen-bond donors (Lipinski definition) is 2. The average Bonchev–Trinajstić information content (AvgIpc) is 2.39. The van der Waals surface area contributed by atoms with Gasteiger partial charge in [-0.25, -0.2) is 0 Å². The maximum Gasteiger partial charge on any atom is 0.0558 e. The Morgan fingerprint density at radius 2 is 1.84 bits per heavy atom. The third-order valence-corrected chi connectivity index (χ3v) is 3.59. The SMILES string of the molecule is CCCN(CCO)CC(C)(C)C(N)c1ccccc1.